The van der Waals surface area contributed by atoms with Crippen LogP contribution in [0.4, 0.5) is 5.13 Å². The smallest absolute Gasteiger partial charge is 0.180 e. The molecule has 2 atom stereocenters. The molecule has 2 N–H and O–H groups in total. The third kappa shape index (κ3) is 3.55. The first-order valence-corrected chi connectivity index (χ1v) is 6.52. The van der Waals surface area contributed by atoms with Crippen LogP contribution in [-0.4, -0.2) is 47.0 Å². The SMILES string of the molecule is CC1CN(Cc2cnc(N)s2)C(C)CN1C.Cl. The van der Waals surface area contributed by atoms with Gasteiger partial charge in [-0.2, -0.15) is 0 Å². The lowest BCUT2D eigenvalue weighted by molar-refractivity contribution is 0.0552. The third-order valence-corrected chi connectivity index (χ3v) is 4.17. The van der Waals surface area contributed by atoms with Gasteiger partial charge in [-0.1, -0.05) is 0 Å². The fraction of sp³-hybridized carbons (Fsp3) is 0.727. The molecule has 0 aliphatic carbocycles. The lowest BCUT2D eigenvalue weighted by Crippen LogP contribution is -2.54. The van der Waals surface area contributed by atoms with Crippen molar-refractivity contribution in [3.05, 3.63) is 11.1 Å². The minimum absolute atomic E-state index is 0. The van der Waals surface area contributed by atoms with E-state index < -0.39 is 0 Å². The molecule has 2 unspecified atom stereocenters. The number of nitrogen functional groups attached to an aromatic ring is 1. The molecule has 1 aliphatic heterocycles. The molecule has 1 aromatic rings. The van der Waals surface area contributed by atoms with Gasteiger partial charge in [-0.25, -0.2) is 4.98 Å². The molecule has 2 heterocycles. The van der Waals surface area contributed by atoms with Gasteiger partial charge in [0, 0.05) is 42.8 Å². The van der Waals surface area contributed by atoms with Crippen LogP contribution in [0.25, 0.3) is 0 Å². The van der Waals surface area contributed by atoms with Crippen LogP contribution in [0.5, 0.6) is 0 Å². The van der Waals surface area contributed by atoms with Gasteiger partial charge in [0.15, 0.2) is 5.13 Å². The van der Waals surface area contributed by atoms with Crippen LogP contribution in [0.2, 0.25) is 0 Å². The second-order valence-electron chi connectivity index (χ2n) is 4.73. The van der Waals surface area contributed by atoms with Crippen molar-refractivity contribution in [3.63, 3.8) is 0 Å². The Balaban J connectivity index is 0.00000144. The lowest BCUT2D eigenvalue weighted by atomic mass is 10.1. The van der Waals surface area contributed by atoms with Crippen molar-refractivity contribution in [1.82, 2.24) is 14.8 Å². The molecular weight excluding hydrogens is 256 g/mol. The van der Waals surface area contributed by atoms with Gasteiger partial charge < -0.3 is 10.6 Å². The van der Waals surface area contributed by atoms with Gasteiger partial charge in [0.2, 0.25) is 0 Å². The molecule has 0 radical (unpaired) electrons. The maximum absolute atomic E-state index is 5.65. The lowest BCUT2D eigenvalue weighted by Gasteiger charge is -2.42. The average Bonchev–Trinajstić information content (AvgIpc) is 2.60. The summed E-state index contributed by atoms with van der Waals surface area (Å²) in [5.74, 6) is 0. The van der Waals surface area contributed by atoms with Crippen LogP contribution < -0.4 is 5.73 Å². The molecule has 2 rings (SSSR count). The van der Waals surface area contributed by atoms with Crippen LogP contribution in [-0.2, 0) is 6.54 Å². The average molecular weight is 277 g/mol. The minimum Gasteiger partial charge on any atom is -0.375 e. The van der Waals surface area contributed by atoms with Crippen molar-refractivity contribution in [1.29, 1.82) is 0 Å². The Labute approximate surface area is 113 Å². The summed E-state index contributed by atoms with van der Waals surface area (Å²) in [6.07, 6.45) is 1.90. The Bertz CT molecular complexity index is 357. The van der Waals surface area contributed by atoms with Crippen molar-refractivity contribution in [2.75, 3.05) is 25.9 Å². The summed E-state index contributed by atoms with van der Waals surface area (Å²) in [7, 11) is 2.20. The highest BCUT2D eigenvalue weighted by Crippen LogP contribution is 2.21. The number of hydrogen-bond donors (Lipinski definition) is 1. The molecule has 0 saturated carbocycles. The Kier molecular flexibility index (Phi) is 5.19. The third-order valence-electron chi connectivity index (χ3n) is 3.36. The molecule has 4 nitrogen and oxygen atoms in total. The standard InChI is InChI=1S/C11H20N4S.ClH/c1-8-6-15(9(2)5-14(8)3)7-10-4-13-11(12)16-10;/h4,8-9H,5-7H2,1-3H3,(H2,12,13);1H. The molecule has 6 heteroatoms. The highest BCUT2D eigenvalue weighted by atomic mass is 35.5. The van der Waals surface area contributed by atoms with E-state index in [-0.39, 0.29) is 12.4 Å². The Hall–Kier alpha value is -0.360. The van der Waals surface area contributed by atoms with E-state index in [4.69, 9.17) is 5.73 Å². The number of anilines is 1. The van der Waals surface area contributed by atoms with Crippen molar-refractivity contribution in [2.24, 2.45) is 0 Å². The number of nitrogens with zero attached hydrogens (tertiary/aromatic N) is 3. The summed E-state index contributed by atoms with van der Waals surface area (Å²) >= 11 is 1.60. The summed E-state index contributed by atoms with van der Waals surface area (Å²) < 4.78 is 0. The van der Waals surface area contributed by atoms with Crippen molar-refractivity contribution < 1.29 is 0 Å². The van der Waals surface area contributed by atoms with Gasteiger partial charge in [0.1, 0.15) is 0 Å². The molecule has 0 spiro atoms. The largest absolute Gasteiger partial charge is 0.375 e. The van der Waals surface area contributed by atoms with Crippen molar-refractivity contribution >= 4 is 28.9 Å². The van der Waals surface area contributed by atoms with E-state index in [9.17, 15) is 0 Å². The summed E-state index contributed by atoms with van der Waals surface area (Å²) in [6.45, 7) is 7.80. The maximum Gasteiger partial charge on any atom is 0.180 e. The van der Waals surface area contributed by atoms with Crippen LogP contribution in [0, 0.1) is 0 Å². The summed E-state index contributed by atoms with van der Waals surface area (Å²) in [4.78, 5) is 10.3. The monoisotopic (exact) mass is 276 g/mol. The molecule has 1 aromatic heterocycles. The topological polar surface area (TPSA) is 45.4 Å². The second kappa shape index (κ2) is 6.00. The number of hydrogen-bond acceptors (Lipinski definition) is 5. The van der Waals surface area contributed by atoms with Crippen molar-refractivity contribution in [3.8, 4) is 0 Å². The second-order valence-corrected chi connectivity index (χ2v) is 5.88. The zero-order valence-electron chi connectivity index (χ0n) is 10.6. The molecule has 1 saturated heterocycles. The number of likely N-dealkylation sites (N-methyl/N-ethyl adjacent to an activating group) is 1. The highest BCUT2D eigenvalue weighted by molar-refractivity contribution is 7.15. The van der Waals surface area contributed by atoms with Gasteiger partial charge in [-0.15, -0.1) is 23.7 Å². The number of thiazole rings is 1. The maximum atomic E-state index is 5.65. The van der Waals surface area contributed by atoms with E-state index in [2.05, 4.69) is 35.7 Å². The Morgan fingerprint density at radius 1 is 1.41 bits per heavy atom. The first kappa shape index (κ1) is 14.7. The zero-order chi connectivity index (χ0) is 11.7. The normalized spacial score (nSPS) is 26.8. The Morgan fingerprint density at radius 2 is 2.12 bits per heavy atom. The molecule has 1 fully saturated rings. The molecule has 0 bridgehead atoms. The summed E-state index contributed by atoms with van der Waals surface area (Å²) in [5, 5.41) is 0.671. The fourth-order valence-electron chi connectivity index (χ4n) is 2.19. The Morgan fingerprint density at radius 3 is 2.71 bits per heavy atom. The molecule has 17 heavy (non-hydrogen) atoms. The molecule has 0 aromatic carbocycles. The number of nitrogens with two attached hydrogens (primary N) is 1. The molecule has 1 aliphatic rings. The molecule has 0 amide bonds. The van der Waals surface area contributed by atoms with E-state index in [1.165, 1.54) is 4.88 Å². The van der Waals surface area contributed by atoms with Gasteiger partial charge in [0.25, 0.3) is 0 Å². The van der Waals surface area contributed by atoms with Crippen molar-refractivity contribution in [2.45, 2.75) is 32.5 Å². The minimum atomic E-state index is 0. The van der Waals surface area contributed by atoms with E-state index in [0.717, 1.165) is 19.6 Å². The first-order chi connectivity index (χ1) is 7.56. The quantitative estimate of drug-likeness (QED) is 0.893. The first-order valence-electron chi connectivity index (χ1n) is 5.70. The molecular formula is C11H21ClN4S. The van der Waals surface area contributed by atoms with Gasteiger partial charge in [0.05, 0.1) is 0 Å². The summed E-state index contributed by atoms with van der Waals surface area (Å²) in [5.41, 5.74) is 5.65. The van der Waals surface area contributed by atoms with E-state index in [0.29, 0.717) is 17.2 Å². The predicted octanol–water partition coefficient (Wildman–Crippen LogP) is 1.67. The van der Waals surface area contributed by atoms with E-state index in [1.54, 1.807) is 11.3 Å². The zero-order valence-corrected chi connectivity index (χ0v) is 12.2. The number of piperazine rings is 1. The number of aromatic nitrogens is 1. The van der Waals surface area contributed by atoms with E-state index in [1.807, 2.05) is 6.20 Å². The van der Waals surface area contributed by atoms with Crippen LogP contribution >= 0.6 is 23.7 Å². The predicted molar refractivity (Wildman–Crippen MR) is 75.7 cm³/mol. The fourth-order valence-corrected chi connectivity index (χ4v) is 2.90. The van der Waals surface area contributed by atoms with Gasteiger partial charge >= 0.3 is 0 Å². The number of rotatable bonds is 2. The van der Waals surface area contributed by atoms with Gasteiger partial charge in [-0.05, 0) is 20.9 Å². The van der Waals surface area contributed by atoms with E-state index >= 15 is 0 Å². The van der Waals surface area contributed by atoms with Gasteiger partial charge in [-0.3, -0.25) is 4.90 Å². The van der Waals surface area contributed by atoms with Crippen LogP contribution in [0.3, 0.4) is 0 Å². The molecule has 98 valence electrons. The highest BCUT2D eigenvalue weighted by Gasteiger charge is 2.26. The number of halogens is 1. The van der Waals surface area contributed by atoms with Crippen LogP contribution in [0.15, 0.2) is 6.20 Å². The summed E-state index contributed by atoms with van der Waals surface area (Å²) in [6, 6.07) is 1.23. The van der Waals surface area contributed by atoms with Crippen LogP contribution in [0.1, 0.15) is 18.7 Å².